The maximum Gasteiger partial charge on any atom is 0.257 e. The van der Waals surface area contributed by atoms with Gasteiger partial charge in [0.2, 0.25) is 5.13 Å². The Morgan fingerprint density at radius 3 is 2.87 bits per heavy atom. The number of hydrogen-bond acceptors (Lipinski definition) is 5. The number of carbonyl (C=O) groups is 1. The molecule has 5 nitrogen and oxygen atoms in total. The molecule has 0 bridgehead atoms. The molecule has 2 N–H and O–H groups in total. The second-order valence-electron chi connectivity index (χ2n) is 6.45. The van der Waals surface area contributed by atoms with Gasteiger partial charge in [-0.05, 0) is 43.9 Å². The smallest absolute Gasteiger partial charge is 0.257 e. The molecule has 1 aromatic carbocycles. The standard InChI is InChI=1S/C17H20N4OS/c1-10-20-21-17(23-10)19-16(22)12-5-2-4-11(8-12)14-9-15(14)18-13-6-3-7-13/h2,4-5,8,13-15,18H,3,6-7,9H2,1H3,(H,19,21,22)/t14-,15+/m1/s1. The van der Waals surface area contributed by atoms with Gasteiger partial charge in [0.05, 0.1) is 0 Å². The van der Waals surface area contributed by atoms with E-state index in [1.807, 2.05) is 25.1 Å². The van der Waals surface area contributed by atoms with E-state index in [9.17, 15) is 4.79 Å². The first-order valence-electron chi connectivity index (χ1n) is 8.16. The molecule has 2 fully saturated rings. The molecule has 2 saturated carbocycles. The topological polar surface area (TPSA) is 66.9 Å². The summed E-state index contributed by atoms with van der Waals surface area (Å²) >= 11 is 1.39. The fraction of sp³-hybridized carbons (Fsp3) is 0.471. The molecule has 0 spiro atoms. The number of carbonyl (C=O) groups excluding carboxylic acids is 1. The highest BCUT2D eigenvalue weighted by Gasteiger charge is 2.40. The normalized spacial score (nSPS) is 23.3. The molecule has 0 radical (unpaired) electrons. The summed E-state index contributed by atoms with van der Waals surface area (Å²) in [4.78, 5) is 12.3. The van der Waals surface area contributed by atoms with Crippen LogP contribution < -0.4 is 10.6 Å². The molecule has 1 heterocycles. The van der Waals surface area contributed by atoms with E-state index in [4.69, 9.17) is 0 Å². The molecule has 0 saturated heterocycles. The van der Waals surface area contributed by atoms with Crippen LogP contribution in [0.5, 0.6) is 0 Å². The maximum atomic E-state index is 12.3. The Morgan fingerprint density at radius 1 is 1.30 bits per heavy atom. The van der Waals surface area contributed by atoms with E-state index in [1.165, 1.54) is 42.6 Å². The van der Waals surface area contributed by atoms with Crippen LogP contribution in [0.15, 0.2) is 24.3 Å². The number of nitrogens with zero attached hydrogens (tertiary/aromatic N) is 2. The fourth-order valence-corrected chi connectivity index (χ4v) is 3.64. The molecule has 1 aromatic heterocycles. The highest BCUT2D eigenvalue weighted by molar-refractivity contribution is 7.15. The minimum Gasteiger partial charge on any atom is -0.311 e. The predicted octanol–water partition coefficient (Wildman–Crippen LogP) is 3.10. The van der Waals surface area contributed by atoms with Crippen LogP contribution in [-0.2, 0) is 0 Å². The lowest BCUT2D eigenvalue weighted by molar-refractivity contribution is 0.102. The molecule has 2 atom stereocenters. The summed E-state index contributed by atoms with van der Waals surface area (Å²) in [5.74, 6) is 0.430. The van der Waals surface area contributed by atoms with Crippen molar-refractivity contribution in [1.29, 1.82) is 0 Å². The van der Waals surface area contributed by atoms with Crippen LogP contribution in [0.2, 0.25) is 0 Å². The van der Waals surface area contributed by atoms with Crippen molar-refractivity contribution < 1.29 is 4.79 Å². The van der Waals surface area contributed by atoms with E-state index in [0.717, 1.165) is 11.0 Å². The minimum absolute atomic E-state index is 0.118. The third-order valence-electron chi connectivity index (χ3n) is 4.67. The van der Waals surface area contributed by atoms with Crippen LogP contribution in [0.4, 0.5) is 5.13 Å². The van der Waals surface area contributed by atoms with E-state index in [2.05, 4.69) is 26.9 Å². The van der Waals surface area contributed by atoms with Gasteiger partial charge in [-0.2, -0.15) is 0 Å². The number of amides is 1. The third kappa shape index (κ3) is 3.28. The summed E-state index contributed by atoms with van der Waals surface area (Å²) < 4.78 is 0. The predicted molar refractivity (Wildman–Crippen MR) is 91.0 cm³/mol. The monoisotopic (exact) mass is 328 g/mol. The van der Waals surface area contributed by atoms with Crippen molar-refractivity contribution in [3.8, 4) is 0 Å². The van der Waals surface area contributed by atoms with Gasteiger partial charge in [0.1, 0.15) is 5.01 Å². The molecule has 120 valence electrons. The molecular weight excluding hydrogens is 308 g/mol. The van der Waals surface area contributed by atoms with Gasteiger partial charge in [-0.15, -0.1) is 10.2 Å². The number of aryl methyl sites for hydroxylation is 1. The minimum atomic E-state index is -0.118. The molecule has 0 unspecified atom stereocenters. The van der Waals surface area contributed by atoms with Gasteiger partial charge in [-0.1, -0.05) is 29.9 Å². The fourth-order valence-electron chi connectivity index (χ4n) is 3.05. The van der Waals surface area contributed by atoms with E-state index >= 15 is 0 Å². The van der Waals surface area contributed by atoms with E-state index in [0.29, 0.717) is 22.7 Å². The zero-order valence-corrected chi connectivity index (χ0v) is 13.9. The summed E-state index contributed by atoms with van der Waals surface area (Å²) in [7, 11) is 0. The molecule has 2 aromatic rings. The summed E-state index contributed by atoms with van der Waals surface area (Å²) in [5, 5.41) is 15.8. The molecule has 23 heavy (non-hydrogen) atoms. The first-order valence-corrected chi connectivity index (χ1v) is 8.98. The van der Waals surface area contributed by atoms with Gasteiger partial charge in [0.25, 0.3) is 5.91 Å². The molecule has 1 amide bonds. The highest BCUT2D eigenvalue weighted by Crippen LogP contribution is 2.42. The van der Waals surface area contributed by atoms with Gasteiger partial charge < -0.3 is 5.32 Å². The van der Waals surface area contributed by atoms with Crippen molar-refractivity contribution in [3.05, 3.63) is 40.4 Å². The average molecular weight is 328 g/mol. The summed E-state index contributed by atoms with van der Waals surface area (Å²) in [5.41, 5.74) is 1.94. The largest absolute Gasteiger partial charge is 0.311 e. The number of benzene rings is 1. The van der Waals surface area contributed by atoms with Crippen LogP contribution >= 0.6 is 11.3 Å². The molecule has 6 heteroatoms. The van der Waals surface area contributed by atoms with Crippen molar-refractivity contribution in [2.45, 2.75) is 50.6 Å². The number of nitrogens with one attached hydrogen (secondary N) is 2. The lowest BCUT2D eigenvalue weighted by Crippen LogP contribution is -2.37. The second-order valence-corrected chi connectivity index (χ2v) is 7.63. The molecule has 2 aliphatic carbocycles. The quantitative estimate of drug-likeness (QED) is 0.885. The molecule has 0 aliphatic heterocycles. The number of rotatable bonds is 5. The average Bonchev–Trinajstić information content (AvgIpc) is 3.17. The summed E-state index contributed by atoms with van der Waals surface area (Å²) in [6, 6.07) is 9.26. The lowest BCUT2D eigenvalue weighted by atomic mass is 9.93. The Labute approximate surface area is 139 Å². The zero-order chi connectivity index (χ0) is 15.8. The van der Waals surface area contributed by atoms with Gasteiger partial charge in [-0.25, -0.2) is 0 Å². The first kappa shape index (κ1) is 14.8. The van der Waals surface area contributed by atoms with Crippen molar-refractivity contribution >= 4 is 22.4 Å². The zero-order valence-electron chi connectivity index (χ0n) is 13.1. The lowest BCUT2D eigenvalue weighted by Gasteiger charge is -2.26. The second kappa shape index (κ2) is 6.02. The maximum absolute atomic E-state index is 12.3. The van der Waals surface area contributed by atoms with Crippen molar-refractivity contribution in [1.82, 2.24) is 15.5 Å². The van der Waals surface area contributed by atoms with Crippen LogP contribution in [0.25, 0.3) is 0 Å². The molecule has 4 rings (SSSR count). The number of anilines is 1. The Morgan fingerprint density at radius 2 is 2.17 bits per heavy atom. The Kier molecular flexibility index (Phi) is 3.87. The van der Waals surface area contributed by atoms with Gasteiger partial charge in [0, 0.05) is 23.6 Å². The van der Waals surface area contributed by atoms with Gasteiger partial charge in [0.15, 0.2) is 0 Å². The summed E-state index contributed by atoms with van der Waals surface area (Å²) in [6.45, 7) is 1.87. The Hall–Kier alpha value is -1.79. The third-order valence-corrected chi connectivity index (χ3v) is 5.42. The Bertz CT molecular complexity index is 725. The van der Waals surface area contributed by atoms with Crippen molar-refractivity contribution in [3.63, 3.8) is 0 Å². The van der Waals surface area contributed by atoms with E-state index in [1.54, 1.807) is 0 Å². The van der Waals surface area contributed by atoms with E-state index in [-0.39, 0.29) is 5.91 Å². The Balaban J connectivity index is 1.41. The van der Waals surface area contributed by atoms with Crippen LogP contribution in [0.3, 0.4) is 0 Å². The van der Waals surface area contributed by atoms with Crippen molar-refractivity contribution in [2.24, 2.45) is 0 Å². The highest BCUT2D eigenvalue weighted by atomic mass is 32.1. The van der Waals surface area contributed by atoms with E-state index < -0.39 is 0 Å². The number of hydrogen-bond donors (Lipinski definition) is 2. The van der Waals surface area contributed by atoms with Crippen LogP contribution in [0.1, 0.15) is 52.5 Å². The molecule has 2 aliphatic rings. The van der Waals surface area contributed by atoms with Crippen LogP contribution in [-0.4, -0.2) is 28.2 Å². The van der Waals surface area contributed by atoms with Gasteiger partial charge in [-0.3, -0.25) is 10.1 Å². The summed E-state index contributed by atoms with van der Waals surface area (Å²) in [6.07, 6.45) is 5.16. The van der Waals surface area contributed by atoms with Gasteiger partial charge >= 0.3 is 0 Å². The SMILES string of the molecule is Cc1nnc(NC(=O)c2cccc([C@H]3C[C@@H]3NC3CCC3)c2)s1. The number of aromatic nitrogens is 2. The van der Waals surface area contributed by atoms with Crippen molar-refractivity contribution in [2.75, 3.05) is 5.32 Å². The van der Waals surface area contributed by atoms with Crippen LogP contribution in [0, 0.1) is 6.92 Å². The molecular formula is C17H20N4OS. The first-order chi connectivity index (χ1) is 11.2.